The lowest BCUT2D eigenvalue weighted by atomic mass is 10.1. The fourth-order valence-electron chi connectivity index (χ4n) is 2.01. The van der Waals surface area contributed by atoms with Crippen LogP contribution in [-0.4, -0.2) is 50.7 Å². The second kappa shape index (κ2) is 5.15. The average molecular weight is 206 g/mol. The van der Waals surface area contributed by atoms with Crippen molar-refractivity contribution in [3.8, 4) is 0 Å². The molecule has 0 aromatic carbocycles. The van der Waals surface area contributed by atoms with Crippen LogP contribution in [-0.2, 0) is 0 Å². The zero-order valence-corrected chi connectivity index (χ0v) is 9.07. The number of hydrogen-bond acceptors (Lipinski definition) is 3. The maximum Gasteiger partial charge on any atom is 0.0342 e. The highest BCUT2D eigenvalue weighted by Crippen LogP contribution is 2.11. The minimum absolute atomic E-state index is 0. The van der Waals surface area contributed by atoms with Gasteiger partial charge in [0.25, 0.3) is 0 Å². The molecule has 2 N–H and O–H groups in total. The van der Waals surface area contributed by atoms with Crippen molar-refractivity contribution >= 4 is 12.4 Å². The summed E-state index contributed by atoms with van der Waals surface area (Å²) in [5.74, 6) is 0.899. The molecule has 78 valence electrons. The van der Waals surface area contributed by atoms with Crippen LogP contribution in [0.5, 0.6) is 0 Å². The van der Waals surface area contributed by atoms with E-state index in [1.54, 1.807) is 0 Å². The molecule has 0 aromatic heterocycles. The largest absolute Gasteiger partial charge is 0.316 e. The third-order valence-corrected chi connectivity index (χ3v) is 3.09. The van der Waals surface area contributed by atoms with Gasteiger partial charge in [0, 0.05) is 25.7 Å². The average Bonchev–Trinajstić information content (AvgIpc) is 2.34. The smallest absolute Gasteiger partial charge is 0.0342 e. The molecule has 3 nitrogen and oxygen atoms in total. The van der Waals surface area contributed by atoms with Crippen molar-refractivity contribution in [3.63, 3.8) is 0 Å². The Labute approximate surface area is 86.7 Å². The highest BCUT2D eigenvalue weighted by atomic mass is 35.5. The van der Waals surface area contributed by atoms with Gasteiger partial charge in [-0.3, -0.25) is 0 Å². The standard InChI is InChI=1S/C9H19N3.ClH/c1-12(9-5-11-6-9)7-8-2-3-10-4-8;/h8-11H,2-7H2,1H3;1H. The van der Waals surface area contributed by atoms with Gasteiger partial charge in [0.15, 0.2) is 0 Å². The molecule has 2 aliphatic heterocycles. The Balaban J connectivity index is 0.000000845. The summed E-state index contributed by atoms with van der Waals surface area (Å²) in [5.41, 5.74) is 0. The molecule has 0 amide bonds. The van der Waals surface area contributed by atoms with Gasteiger partial charge in [0.2, 0.25) is 0 Å². The van der Waals surface area contributed by atoms with E-state index in [1.807, 2.05) is 0 Å². The van der Waals surface area contributed by atoms with Gasteiger partial charge in [-0.05, 0) is 32.5 Å². The van der Waals surface area contributed by atoms with Crippen molar-refractivity contribution in [2.75, 3.05) is 39.8 Å². The van der Waals surface area contributed by atoms with Crippen LogP contribution in [0.4, 0.5) is 0 Å². The van der Waals surface area contributed by atoms with Crippen LogP contribution in [0.3, 0.4) is 0 Å². The lowest BCUT2D eigenvalue weighted by Crippen LogP contribution is -2.56. The molecule has 2 aliphatic rings. The number of likely N-dealkylation sites (N-methyl/N-ethyl adjacent to an activating group) is 1. The van der Waals surface area contributed by atoms with Crippen molar-refractivity contribution in [3.05, 3.63) is 0 Å². The van der Waals surface area contributed by atoms with E-state index in [9.17, 15) is 0 Å². The first-order valence-corrected chi connectivity index (χ1v) is 4.98. The topological polar surface area (TPSA) is 27.3 Å². The number of nitrogens with zero attached hydrogens (tertiary/aromatic N) is 1. The van der Waals surface area contributed by atoms with Crippen LogP contribution in [0.15, 0.2) is 0 Å². The van der Waals surface area contributed by atoms with Gasteiger partial charge in [-0.15, -0.1) is 12.4 Å². The van der Waals surface area contributed by atoms with Crippen molar-refractivity contribution < 1.29 is 0 Å². The molecule has 2 fully saturated rings. The second-order valence-corrected chi connectivity index (χ2v) is 4.11. The van der Waals surface area contributed by atoms with Gasteiger partial charge >= 0.3 is 0 Å². The predicted molar refractivity (Wildman–Crippen MR) is 57.5 cm³/mol. The molecule has 2 heterocycles. The van der Waals surface area contributed by atoms with Gasteiger partial charge in [-0.1, -0.05) is 0 Å². The summed E-state index contributed by atoms with van der Waals surface area (Å²) in [4.78, 5) is 2.51. The monoisotopic (exact) mass is 205 g/mol. The molecule has 4 heteroatoms. The van der Waals surface area contributed by atoms with Crippen molar-refractivity contribution in [2.24, 2.45) is 5.92 Å². The second-order valence-electron chi connectivity index (χ2n) is 4.11. The summed E-state index contributed by atoms with van der Waals surface area (Å²) >= 11 is 0. The zero-order valence-electron chi connectivity index (χ0n) is 8.25. The SMILES string of the molecule is CN(CC1CCNC1)C1CNC1.Cl. The van der Waals surface area contributed by atoms with Crippen LogP contribution in [0.1, 0.15) is 6.42 Å². The Bertz CT molecular complexity index is 144. The number of hydrogen-bond donors (Lipinski definition) is 2. The van der Waals surface area contributed by atoms with E-state index in [0.717, 1.165) is 12.0 Å². The summed E-state index contributed by atoms with van der Waals surface area (Å²) in [6, 6.07) is 0.811. The summed E-state index contributed by atoms with van der Waals surface area (Å²) in [6.07, 6.45) is 1.37. The van der Waals surface area contributed by atoms with E-state index in [4.69, 9.17) is 0 Å². The fraction of sp³-hybridized carbons (Fsp3) is 1.00. The molecule has 0 radical (unpaired) electrons. The zero-order chi connectivity index (χ0) is 8.39. The van der Waals surface area contributed by atoms with E-state index >= 15 is 0 Å². The quantitative estimate of drug-likeness (QED) is 0.675. The molecule has 0 bridgehead atoms. The van der Waals surface area contributed by atoms with E-state index in [2.05, 4.69) is 22.6 Å². The van der Waals surface area contributed by atoms with Gasteiger partial charge < -0.3 is 15.5 Å². The Hall–Kier alpha value is 0.170. The first kappa shape index (κ1) is 11.2. The lowest BCUT2D eigenvalue weighted by Gasteiger charge is -2.36. The maximum atomic E-state index is 3.41. The van der Waals surface area contributed by atoms with Crippen LogP contribution >= 0.6 is 12.4 Å². The molecule has 0 aromatic rings. The normalized spacial score (nSPS) is 28.6. The number of rotatable bonds is 3. The van der Waals surface area contributed by atoms with Crippen LogP contribution in [0, 0.1) is 5.92 Å². The first-order valence-electron chi connectivity index (χ1n) is 4.98. The summed E-state index contributed by atoms with van der Waals surface area (Å²) in [5, 5.41) is 6.72. The van der Waals surface area contributed by atoms with E-state index < -0.39 is 0 Å². The van der Waals surface area contributed by atoms with Crippen molar-refractivity contribution in [1.82, 2.24) is 15.5 Å². The van der Waals surface area contributed by atoms with Gasteiger partial charge in [0.1, 0.15) is 0 Å². The molecule has 0 spiro atoms. The highest BCUT2D eigenvalue weighted by molar-refractivity contribution is 5.85. The molecule has 1 atom stereocenters. The summed E-state index contributed by atoms with van der Waals surface area (Å²) < 4.78 is 0. The molecule has 0 aliphatic carbocycles. The molecule has 13 heavy (non-hydrogen) atoms. The van der Waals surface area contributed by atoms with Crippen LogP contribution in [0.2, 0.25) is 0 Å². The third kappa shape index (κ3) is 2.81. The fourth-order valence-corrected chi connectivity index (χ4v) is 2.01. The van der Waals surface area contributed by atoms with Crippen molar-refractivity contribution in [1.29, 1.82) is 0 Å². The molecule has 1 unspecified atom stereocenters. The van der Waals surface area contributed by atoms with E-state index in [-0.39, 0.29) is 12.4 Å². The Kier molecular flexibility index (Phi) is 4.46. The van der Waals surface area contributed by atoms with E-state index in [0.29, 0.717) is 0 Å². The number of nitrogens with one attached hydrogen (secondary N) is 2. The van der Waals surface area contributed by atoms with Gasteiger partial charge in [0.05, 0.1) is 0 Å². The Morgan fingerprint density at radius 3 is 2.46 bits per heavy atom. The molecule has 2 saturated heterocycles. The molecule has 0 saturated carbocycles. The maximum absolute atomic E-state index is 3.41. The lowest BCUT2D eigenvalue weighted by molar-refractivity contribution is 0.160. The number of halogens is 1. The highest BCUT2D eigenvalue weighted by Gasteiger charge is 2.24. The summed E-state index contributed by atoms with van der Waals surface area (Å²) in [7, 11) is 2.25. The van der Waals surface area contributed by atoms with Crippen LogP contribution < -0.4 is 10.6 Å². The third-order valence-electron chi connectivity index (χ3n) is 3.09. The van der Waals surface area contributed by atoms with E-state index in [1.165, 1.54) is 39.1 Å². The molecular formula is C9H20ClN3. The predicted octanol–water partition coefficient (Wildman–Crippen LogP) is -0.0787. The first-order chi connectivity index (χ1) is 5.86. The van der Waals surface area contributed by atoms with Crippen LogP contribution in [0.25, 0.3) is 0 Å². The molecular weight excluding hydrogens is 186 g/mol. The Morgan fingerprint density at radius 1 is 1.23 bits per heavy atom. The summed E-state index contributed by atoms with van der Waals surface area (Å²) in [6.45, 7) is 6.11. The van der Waals surface area contributed by atoms with Gasteiger partial charge in [-0.2, -0.15) is 0 Å². The van der Waals surface area contributed by atoms with Gasteiger partial charge in [-0.25, -0.2) is 0 Å². The Morgan fingerprint density at radius 2 is 2.00 bits per heavy atom. The van der Waals surface area contributed by atoms with Crippen molar-refractivity contribution in [2.45, 2.75) is 12.5 Å². The minimum atomic E-state index is 0. The minimum Gasteiger partial charge on any atom is -0.316 e. The molecule has 2 rings (SSSR count).